The average molecular weight is 467 g/mol. The van der Waals surface area contributed by atoms with Crippen molar-refractivity contribution in [3.8, 4) is 17.2 Å². The summed E-state index contributed by atoms with van der Waals surface area (Å²) in [5, 5.41) is 0. The van der Waals surface area contributed by atoms with Crippen LogP contribution in [0.4, 0.5) is 0 Å². The average Bonchev–Trinajstić information content (AvgIpc) is 2.77. The predicted octanol–water partition coefficient (Wildman–Crippen LogP) is 6.73. The molecule has 2 aromatic carbocycles. The largest absolute Gasteiger partial charge is 0.457 e. The van der Waals surface area contributed by atoms with E-state index in [0.29, 0.717) is 5.75 Å². The van der Waals surface area contributed by atoms with Crippen LogP contribution >= 0.6 is 0 Å². The molecule has 0 N–H and O–H groups in total. The van der Waals surface area contributed by atoms with Gasteiger partial charge in [-0.05, 0) is 49.4 Å². The standard InChI is InChI=1S/C28H34O6/c1-5-6-7-8-9-10-20-14-19(4)15-21-16-32-28(31)25-24(34-26(20)21)12-11-22(27(25)33-17-29)23(30)13-18(2)3/h11-12,14-15,17-18H,5-10,13,16H2,1-4H3. The van der Waals surface area contributed by atoms with Gasteiger partial charge in [-0.1, -0.05) is 58.1 Å². The van der Waals surface area contributed by atoms with E-state index in [4.69, 9.17) is 14.2 Å². The summed E-state index contributed by atoms with van der Waals surface area (Å²) < 4.78 is 17.1. The van der Waals surface area contributed by atoms with Gasteiger partial charge in [0.1, 0.15) is 23.7 Å². The fraction of sp³-hybridized carbons (Fsp3) is 0.464. The van der Waals surface area contributed by atoms with Crippen LogP contribution in [0.5, 0.6) is 17.2 Å². The SMILES string of the molecule is CCCCCCCc1cc(C)cc2c1Oc1ccc(C(=O)CC(C)C)c(OC=O)c1C(=O)OC2. The Kier molecular flexibility index (Phi) is 8.85. The third-order valence-electron chi connectivity index (χ3n) is 5.89. The summed E-state index contributed by atoms with van der Waals surface area (Å²) in [5.74, 6) is -0.0441. The van der Waals surface area contributed by atoms with Gasteiger partial charge in [0.2, 0.25) is 0 Å². The van der Waals surface area contributed by atoms with E-state index in [1.165, 1.54) is 19.3 Å². The van der Waals surface area contributed by atoms with Crippen LogP contribution in [0.1, 0.15) is 96.7 Å². The molecule has 0 unspecified atom stereocenters. The second-order valence-electron chi connectivity index (χ2n) is 9.31. The number of ketones is 1. The molecule has 0 aromatic heterocycles. The van der Waals surface area contributed by atoms with E-state index in [-0.39, 0.29) is 53.8 Å². The minimum Gasteiger partial charge on any atom is -0.457 e. The molecule has 34 heavy (non-hydrogen) atoms. The summed E-state index contributed by atoms with van der Waals surface area (Å²) in [6.45, 7) is 8.30. The first-order chi connectivity index (χ1) is 16.3. The van der Waals surface area contributed by atoms with Crippen molar-refractivity contribution in [1.82, 2.24) is 0 Å². The smallest absolute Gasteiger partial charge is 0.346 e. The quantitative estimate of drug-likeness (QED) is 0.158. The summed E-state index contributed by atoms with van der Waals surface area (Å²) in [4.78, 5) is 37.1. The fourth-order valence-corrected chi connectivity index (χ4v) is 4.31. The number of esters is 1. The molecule has 2 aromatic rings. The first-order valence-corrected chi connectivity index (χ1v) is 12.1. The Morgan fingerprint density at radius 1 is 1.15 bits per heavy atom. The topological polar surface area (TPSA) is 78.9 Å². The molecule has 1 aliphatic rings. The Morgan fingerprint density at radius 2 is 1.91 bits per heavy atom. The molecule has 3 rings (SSSR count). The molecule has 1 aliphatic heterocycles. The number of rotatable bonds is 11. The maximum Gasteiger partial charge on any atom is 0.346 e. The third kappa shape index (κ3) is 6.04. The van der Waals surface area contributed by atoms with Crippen LogP contribution in [0.2, 0.25) is 0 Å². The van der Waals surface area contributed by atoms with Crippen LogP contribution in [0.3, 0.4) is 0 Å². The molecular weight excluding hydrogens is 432 g/mol. The molecule has 0 fully saturated rings. The molecule has 182 valence electrons. The number of Topliss-reactive ketones (excluding diaryl/α,β-unsaturated/α-hetero) is 1. The van der Waals surface area contributed by atoms with Gasteiger partial charge >= 0.3 is 5.97 Å². The van der Waals surface area contributed by atoms with Gasteiger partial charge in [0.05, 0.1) is 5.56 Å². The molecule has 0 aliphatic carbocycles. The second-order valence-corrected chi connectivity index (χ2v) is 9.31. The van der Waals surface area contributed by atoms with Crippen molar-refractivity contribution in [2.75, 3.05) is 0 Å². The number of cyclic esters (lactones) is 1. The Hall–Kier alpha value is -3.15. The Bertz CT molecular complexity index is 1050. The summed E-state index contributed by atoms with van der Waals surface area (Å²) >= 11 is 0. The van der Waals surface area contributed by atoms with Crippen molar-refractivity contribution < 1.29 is 28.6 Å². The van der Waals surface area contributed by atoms with Gasteiger partial charge in [-0.25, -0.2) is 4.79 Å². The molecule has 0 saturated heterocycles. The van der Waals surface area contributed by atoms with Crippen LogP contribution in [-0.2, 0) is 22.6 Å². The van der Waals surface area contributed by atoms with Crippen LogP contribution in [0.15, 0.2) is 24.3 Å². The zero-order valence-corrected chi connectivity index (χ0v) is 20.6. The fourth-order valence-electron chi connectivity index (χ4n) is 4.31. The van der Waals surface area contributed by atoms with Crippen molar-refractivity contribution in [3.63, 3.8) is 0 Å². The van der Waals surface area contributed by atoms with Crippen molar-refractivity contribution in [2.45, 2.75) is 79.2 Å². The number of carbonyl (C=O) groups is 3. The highest BCUT2D eigenvalue weighted by molar-refractivity contribution is 6.05. The summed E-state index contributed by atoms with van der Waals surface area (Å²) in [5.41, 5.74) is 3.04. The minimum absolute atomic E-state index is 0.0306. The monoisotopic (exact) mass is 466 g/mol. The highest BCUT2D eigenvalue weighted by atomic mass is 16.6. The van der Waals surface area contributed by atoms with Crippen molar-refractivity contribution in [2.24, 2.45) is 5.92 Å². The lowest BCUT2D eigenvalue weighted by atomic mass is 9.97. The van der Waals surface area contributed by atoms with Gasteiger partial charge in [0.25, 0.3) is 6.47 Å². The van der Waals surface area contributed by atoms with Gasteiger partial charge in [0, 0.05) is 12.0 Å². The number of fused-ring (bicyclic) bond motifs is 2. The normalized spacial score (nSPS) is 12.7. The molecule has 0 saturated carbocycles. The lowest BCUT2D eigenvalue weighted by Crippen LogP contribution is -2.16. The number of unbranched alkanes of at least 4 members (excludes halogenated alkanes) is 4. The lowest BCUT2D eigenvalue weighted by molar-refractivity contribution is -0.120. The number of aryl methyl sites for hydroxylation is 2. The molecule has 0 spiro atoms. The van der Waals surface area contributed by atoms with Gasteiger partial charge in [-0.3, -0.25) is 9.59 Å². The summed E-state index contributed by atoms with van der Waals surface area (Å²) in [6, 6.07) is 7.19. The van der Waals surface area contributed by atoms with Gasteiger partial charge < -0.3 is 14.2 Å². The Balaban J connectivity index is 2.03. The third-order valence-corrected chi connectivity index (χ3v) is 5.89. The van der Waals surface area contributed by atoms with E-state index in [1.807, 2.05) is 26.8 Å². The van der Waals surface area contributed by atoms with Gasteiger partial charge in [-0.2, -0.15) is 0 Å². The van der Waals surface area contributed by atoms with Crippen LogP contribution < -0.4 is 9.47 Å². The van der Waals surface area contributed by atoms with Gasteiger partial charge in [0.15, 0.2) is 11.5 Å². The maximum absolute atomic E-state index is 13.0. The first-order valence-electron chi connectivity index (χ1n) is 12.1. The highest BCUT2D eigenvalue weighted by Crippen LogP contribution is 2.41. The number of carbonyl (C=O) groups excluding carboxylic acids is 3. The second kappa shape index (κ2) is 11.8. The van der Waals surface area contributed by atoms with Crippen LogP contribution in [-0.4, -0.2) is 18.2 Å². The molecule has 0 atom stereocenters. The molecule has 0 bridgehead atoms. The number of hydrogen-bond donors (Lipinski definition) is 0. The maximum atomic E-state index is 13.0. The van der Waals surface area contributed by atoms with Crippen LogP contribution in [0.25, 0.3) is 0 Å². The summed E-state index contributed by atoms with van der Waals surface area (Å²) in [6.07, 6.45) is 6.90. The van der Waals surface area contributed by atoms with E-state index in [2.05, 4.69) is 13.0 Å². The van der Waals surface area contributed by atoms with E-state index in [1.54, 1.807) is 12.1 Å². The highest BCUT2D eigenvalue weighted by Gasteiger charge is 2.30. The summed E-state index contributed by atoms with van der Waals surface area (Å²) in [7, 11) is 0. The first kappa shape index (κ1) is 25.5. The van der Waals surface area contributed by atoms with Crippen molar-refractivity contribution in [3.05, 3.63) is 52.1 Å². The molecule has 1 heterocycles. The van der Waals surface area contributed by atoms with E-state index >= 15 is 0 Å². The van der Waals surface area contributed by atoms with E-state index in [9.17, 15) is 14.4 Å². The molecule has 0 amide bonds. The van der Waals surface area contributed by atoms with Crippen molar-refractivity contribution in [1.29, 1.82) is 0 Å². The van der Waals surface area contributed by atoms with Crippen molar-refractivity contribution >= 4 is 18.2 Å². The zero-order chi connectivity index (χ0) is 24.7. The van der Waals surface area contributed by atoms with E-state index in [0.717, 1.165) is 36.0 Å². The van der Waals surface area contributed by atoms with E-state index < -0.39 is 5.97 Å². The lowest BCUT2D eigenvalue weighted by Gasteiger charge is -2.23. The number of benzene rings is 2. The molecule has 6 nitrogen and oxygen atoms in total. The minimum atomic E-state index is -0.695. The molecule has 6 heteroatoms. The Morgan fingerprint density at radius 3 is 2.62 bits per heavy atom. The molecular formula is C28H34O6. The zero-order valence-electron chi connectivity index (χ0n) is 20.6. The molecule has 0 radical (unpaired) electrons. The van der Waals surface area contributed by atoms with Gasteiger partial charge in [-0.15, -0.1) is 0 Å². The Labute approximate surface area is 201 Å². The number of ether oxygens (including phenoxy) is 3. The predicted molar refractivity (Wildman–Crippen MR) is 130 cm³/mol. The number of hydrogen-bond acceptors (Lipinski definition) is 6. The van der Waals surface area contributed by atoms with Crippen LogP contribution in [0, 0.1) is 12.8 Å².